The van der Waals surface area contributed by atoms with Crippen LogP contribution in [0, 0.1) is 6.92 Å². The fraction of sp³-hybridized carbons (Fsp3) is 0.182. The quantitative estimate of drug-likeness (QED) is 0.526. The summed E-state index contributed by atoms with van der Waals surface area (Å²) in [6.45, 7) is 3.09. The van der Waals surface area contributed by atoms with E-state index in [9.17, 15) is 13.2 Å². The lowest BCUT2D eigenvalue weighted by Crippen LogP contribution is -2.14. The highest BCUT2D eigenvalue weighted by atomic mass is 32.2. The third-order valence-corrected chi connectivity index (χ3v) is 5.84. The lowest BCUT2D eigenvalue weighted by atomic mass is 10.2. The maximum Gasteiger partial charge on any atom is 0.265 e. The zero-order valence-corrected chi connectivity index (χ0v) is 18.8. The van der Waals surface area contributed by atoms with Crippen LogP contribution < -0.4 is 19.5 Å². The Morgan fingerprint density at radius 3 is 2.41 bits per heavy atom. The lowest BCUT2D eigenvalue weighted by molar-refractivity contribution is -0.114. The molecule has 32 heavy (non-hydrogen) atoms. The van der Waals surface area contributed by atoms with Crippen molar-refractivity contribution in [3.05, 3.63) is 59.5 Å². The van der Waals surface area contributed by atoms with E-state index in [-0.39, 0.29) is 16.6 Å². The molecule has 1 aromatic heterocycles. The molecule has 0 aliphatic rings. The van der Waals surface area contributed by atoms with Gasteiger partial charge in [0.2, 0.25) is 5.91 Å². The topological polar surface area (TPSA) is 120 Å². The molecule has 0 fully saturated rings. The molecule has 0 radical (unpaired) electrons. The summed E-state index contributed by atoms with van der Waals surface area (Å²) in [4.78, 5) is 11.4. The number of amides is 1. The Bertz CT molecular complexity index is 1250. The van der Waals surface area contributed by atoms with Crippen LogP contribution in [-0.4, -0.2) is 33.7 Å². The number of hydrogen-bond donors (Lipinski definition) is 2. The van der Waals surface area contributed by atoms with Crippen LogP contribution in [0.25, 0.3) is 12.2 Å². The Labute approximate surface area is 186 Å². The molecule has 3 aromatic rings. The molecule has 0 bridgehead atoms. The molecule has 0 saturated heterocycles. The molecule has 2 aromatic carbocycles. The second-order valence-corrected chi connectivity index (χ2v) is 8.42. The average Bonchev–Trinajstić information content (AvgIpc) is 3.11. The van der Waals surface area contributed by atoms with Gasteiger partial charge >= 0.3 is 0 Å². The van der Waals surface area contributed by atoms with Gasteiger partial charge in [0.05, 0.1) is 14.2 Å². The van der Waals surface area contributed by atoms with Gasteiger partial charge in [-0.15, -0.1) is 0 Å². The second kappa shape index (κ2) is 9.56. The minimum Gasteiger partial charge on any atom is -0.497 e. The number of benzene rings is 2. The third-order valence-electron chi connectivity index (χ3n) is 4.44. The summed E-state index contributed by atoms with van der Waals surface area (Å²) in [6, 6.07) is 11.2. The number of rotatable bonds is 8. The summed E-state index contributed by atoms with van der Waals surface area (Å²) in [5.41, 5.74) is 1.94. The van der Waals surface area contributed by atoms with Crippen molar-refractivity contribution in [1.82, 2.24) is 5.16 Å². The third kappa shape index (κ3) is 5.27. The number of sulfonamides is 1. The van der Waals surface area contributed by atoms with E-state index in [1.165, 1.54) is 27.2 Å². The van der Waals surface area contributed by atoms with E-state index in [2.05, 4.69) is 15.2 Å². The SMILES string of the molecule is COc1ccc(NS(=O)(=O)c2cc(C=Cc3onc(C)c3NC(C)=O)ccc2OC)cc1. The predicted octanol–water partition coefficient (Wildman–Crippen LogP) is 3.93. The number of nitrogens with zero attached hydrogens (tertiary/aromatic N) is 1. The summed E-state index contributed by atoms with van der Waals surface area (Å²) in [6.07, 6.45) is 3.25. The summed E-state index contributed by atoms with van der Waals surface area (Å²) in [5, 5.41) is 6.52. The first-order valence-corrected chi connectivity index (χ1v) is 11.0. The van der Waals surface area contributed by atoms with Crippen molar-refractivity contribution in [3.8, 4) is 11.5 Å². The monoisotopic (exact) mass is 457 g/mol. The van der Waals surface area contributed by atoms with Crippen molar-refractivity contribution in [3.63, 3.8) is 0 Å². The maximum absolute atomic E-state index is 13.0. The predicted molar refractivity (Wildman–Crippen MR) is 121 cm³/mol. The number of aryl methyl sites for hydroxylation is 1. The van der Waals surface area contributed by atoms with Crippen LogP contribution in [-0.2, 0) is 14.8 Å². The zero-order valence-electron chi connectivity index (χ0n) is 18.0. The van der Waals surface area contributed by atoms with Gasteiger partial charge in [-0.25, -0.2) is 8.42 Å². The van der Waals surface area contributed by atoms with Gasteiger partial charge in [-0.3, -0.25) is 9.52 Å². The average molecular weight is 458 g/mol. The standard InChI is InChI=1S/C22H23N3O6S/c1-14-22(23-15(2)26)20(31-24-14)12-6-16-5-11-19(30-4)21(13-16)32(27,28)25-17-7-9-18(29-3)10-8-17/h5-13,25H,1-4H3,(H,23,26). The summed E-state index contributed by atoms with van der Waals surface area (Å²) in [7, 11) is -1.02. The van der Waals surface area contributed by atoms with Crippen molar-refractivity contribution in [2.45, 2.75) is 18.7 Å². The molecular weight excluding hydrogens is 434 g/mol. The molecule has 0 saturated carbocycles. The number of hydrogen-bond acceptors (Lipinski definition) is 7. The Kier molecular flexibility index (Phi) is 6.84. The van der Waals surface area contributed by atoms with Gasteiger partial charge in [-0.1, -0.05) is 17.3 Å². The van der Waals surface area contributed by atoms with Gasteiger partial charge in [0.25, 0.3) is 10.0 Å². The Balaban J connectivity index is 1.91. The van der Waals surface area contributed by atoms with E-state index in [0.29, 0.717) is 34.1 Å². The van der Waals surface area contributed by atoms with Gasteiger partial charge in [-0.2, -0.15) is 0 Å². The lowest BCUT2D eigenvalue weighted by Gasteiger charge is -2.12. The van der Waals surface area contributed by atoms with Crippen molar-refractivity contribution in [1.29, 1.82) is 0 Å². The van der Waals surface area contributed by atoms with E-state index in [1.54, 1.807) is 55.5 Å². The summed E-state index contributed by atoms with van der Waals surface area (Å²) in [5.74, 6) is 0.888. The van der Waals surface area contributed by atoms with E-state index in [4.69, 9.17) is 14.0 Å². The molecular formula is C22H23N3O6S. The molecule has 9 nitrogen and oxygen atoms in total. The summed E-state index contributed by atoms with van der Waals surface area (Å²) < 4.78 is 44.2. The van der Waals surface area contributed by atoms with Gasteiger partial charge in [0.15, 0.2) is 5.76 Å². The van der Waals surface area contributed by atoms with Crippen LogP contribution in [0.5, 0.6) is 11.5 Å². The van der Waals surface area contributed by atoms with Crippen molar-refractivity contribution in [2.24, 2.45) is 0 Å². The molecule has 0 aliphatic carbocycles. The normalized spacial score (nSPS) is 11.4. The first kappa shape index (κ1) is 22.9. The van der Waals surface area contributed by atoms with Crippen molar-refractivity contribution in [2.75, 3.05) is 24.3 Å². The molecule has 1 heterocycles. The van der Waals surface area contributed by atoms with Gasteiger partial charge in [0.1, 0.15) is 27.8 Å². The zero-order chi connectivity index (χ0) is 23.3. The van der Waals surface area contributed by atoms with Crippen LogP contribution in [0.3, 0.4) is 0 Å². The highest BCUT2D eigenvalue weighted by Crippen LogP contribution is 2.29. The first-order chi connectivity index (χ1) is 15.2. The number of nitrogens with one attached hydrogen (secondary N) is 2. The smallest absolute Gasteiger partial charge is 0.265 e. The Morgan fingerprint density at radius 2 is 1.78 bits per heavy atom. The minimum absolute atomic E-state index is 0.0335. The maximum atomic E-state index is 13.0. The number of aromatic nitrogens is 1. The fourth-order valence-corrected chi connectivity index (χ4v) is 4.14. The largest absolute Gasteiger partial charge is 0.497 e. The Hall–Kier alpha value is -3.79. The van der Waals surface area contributed by atoms with Crippen LogP contribution in [0.4, 0.5) is 11.4 Å². The van der Waals surface area contributed by atoms with E-state index >= 15 is 0 Å². The number of anilines is 2. The first-order valence-electron chi connectivity index (χ1n) is 9.50. The number of carbonyl (C=O) groups excluding carboxylic acids is 1. The van der Waals surface area contributed by atoms with E-state index < -0.39 is 10.0 Å². The minimum atomic E-state index is -3.94. The fourth-order valence-electron chi connectivity index (χ4n) is 2.88. The number of methoxy groups -OCH3 is 2. The molecule has 168 valence electrons. The van der Waals surface area contributed by atoms with Crippen LogP contribution in [0.2, 0.25) is 0 Å². The molecule has 0 atom stereocenters. The number of carbonyl (C=O) groups is 1. The molecule has 10 heteroatoms. The molecule has 0 aliphatic heterocycles. The highest BCUT2D eigenvalue weighted by Gasteiger charge is 2.20. The van der Waals surface area contributed by atoms with Crippen molar-refractivity contribution < 1.29 is 27.2 Å². The molecule has 3 rings (SSSR count). The van der Waals surface area contributed by atoms with Crippen LogP contribution >= 0.6 is 0 Å². The molecule has 1 amide bonds. The van der Waals surface area contributed by atoms with Crippen molar-refractivity contribution >= 4 is 39.5 Å². The molecule has 2 N–H and O–H groups in total. The molecule has 0 unspecified atom stereocenters. The van der Waals surface area contributed by atoms with Crippen LogP contribution in [0.1, 0.15) is 23.9 Å². The van der Waals surface area contributed by atoms with Gasteiger partial charge in [-0.05, 0) is 55.0 Å². The van der Waals surface area contributed by atoms with Gasteiger partial charge < -0.3 is 19.3 Å². The van der Waals surface area contributed by atoms with Gasteiger partial charge in [0, 0.05) is 12.6 Å². The highest BCUT2D eigenvalue weighted by molar-refractivity contribution is 7.92. The van der Waals surface area contributed by atoms with Crippen LogP contribution in [0.15, 0.2) is 51.9 Å². The van der Waals surface area contributed by atoms with E-state index in [1.807, 2.05) is 0 Å². The Morgan fingerprint density at radius 1 is 1.06 bits per heavy atom. The summed E-state index contributed by atoms with van der Waals surface area (Å²) >= 11 is 0. The second-order valence-electron chi connectivity index (χ2n) is 6.77. The van der Waals surface area contributed by atoms with E-state index in [0.717, 1.165) is 0 Å². The number of ether oxygens (including phenoxy) is 2. The molecule has 0 spiro atoms.